The Balaban J connectivity index is 1.69. The van der Waals surface area contributed by atoms with Crippen LogP contribution in [0.5, 0.6) is 5.75 Å². The minimum absolute atomic E-state index is 0.108. The van der Waals surface area contributed by atoms with Crippen LogP contribution in [0.15, 0.2) is 48.5 Å². The highest BCUT2D eigenvalue weighted by molar-refractivity contribution is 6.05. The number of nitrogens with one attached hydrogen (secondary N) is 2. The minimum Gasteiger partial charge on any atom is -0.497 e. The maximum atomic E-state index is 13.1. The highest BCUT2D eigenvalue weighted by Crippen LogP contribution is 2.22. The van der Waals surface area contributed by atoms with Gasteiger partial charge in [0.25, 0.3) is 11.8 Å². The van der Waals surface area contributed by atoms with E-state index in [0.29, 0.717) is 48.0 Å². The smallest absolute Gasteiger partial charge is 0.255 e. The summed E-state index contributed by atoms with van der Waals surface area (Å²) in [6, 6.07) is 13.1. The third kappa shape index (κ3) is 5.63. The summed E-state index contributed by atoms with van der Waals surface area (Å²) in [4.78, 5) is 39.8. The normalized spacial score (nSPS) is 15.6. The van der Waals surface area contributed by atoms with E-state index in [1.807, 2.05) is 13.8 Å². The molecule has 1 aliphatic rings. The van der Waals surface area contributed by atoms with Crippen LogP contribution in [-0.2, 0) is 4.79 Å². The standard InChI is InChI=1S/C24H29N3O4/c1-16(2)15-25-23(29)21-8-5-13-27(21)24(30)18-6-4-7-19(14-18)26-22(28)17-9-11-20(31-3)12-10-17/h4,6-7,9-12,14,16,21H,5,8,13,15H2,1-3H3,(H,25,29)(H,26,28). The van der Waals surface area contributed by atoms with Crippen molar-refractivity contribution in [1.29, 1.82) is 0 Å². The van der Waals surface area contributed by atoms with Crippen LogP contribution in [0.1, 0.15) is 47.4 Å². The number of carbonyl (C=O) groups is 3. The molecule has 7 heteroatoms. The average molecular weight is 424 g/mol. The Morgan fingerprint density at radius 3 is 2.52 bits per heavy atom. The lowest BCUT2D eigenvalue weighted by atomic mass is 10.1. The van der Waals surface area contributed by atoms with E-state index in [-0.39, 0.29) is 17.7 Å². The SMILES string of the molecule is COc1ccc(C(=O)Nc2cccc(C(=O)N3CCCC3C(=O)NCC(C)C)c2)cc1. The van der Waals surface area contributed by atoms with Gasteiger partial charge in [-0.1, -0.05) is 19.9 Å². The van der Waals surface area contributed by atoms with Crippen LogP contribution in [0.2, 0.25) is 0 Å². The van der Waals surface area contributed by atoms with Crippen molar-refractivity contribution in [2.24, 2.45) is 5.92 Å². The van der Waals surface area contributed by atoms with Gasteiger partial charge in [0.05, 0.1) is 7.11 Å². The second kappa shape index (κ2) is 10.1. The Kier molecular flexibility index (Phi) is 7.28. The van der Waals surface area contributed by atoms with Gasteiger partial charge in [0, 0.05) is 29.9 Å². The molecule has 1 unspecified atom stereocenters. The number of benzene rings is 2. The molecule has 0 aromatic heterocycles. The number of methoxy groups -OCH3 is 1. The maximum absolute atomic E-state index is 13.1. The molecule has 1 saturated heterocycles. The molecule has 7 nitrogen and oxygen atoms in total. The predicted molar refractivity (Wildman–Crippen MR) is 119 cm³/mol. The Morgan fingerprint density at radius 1 is 1.10 bits per heavy atom. The Bertz CT molecular complexity index is 940. The molecule has 0 saturated carbocycles. The van der Waals surface area contributed by atoms with E-state index in [2.05, 4.69) is 10.6 Å². The average Bonchev–Trinajstić information content (AvgIpc) is 3.27. The van der Waals surface area contributed by atoms with Gasteiger partial charge in [0.2, 0.25) is 5.91 Å². The first-order valence-electron chi connectivity index (χ1n) is 10.5. The van der Waals surface area contributed by atoms with Crippen molar-refractivity contribution >= 4 is 23.4 Å². The molecule has 2 aromatic carbocycles. The summed E-state index contributed by atoms with van der Waals surface area (Å²) in [6.07, 6.45) is 1.45. The van der Waals surface area contributed by atoms with Crippen LogP contribution in [0.4, 0.5) is 5.69 Å². The fourth-order valence-corrected chi connectivity index (χ4v) is 3.55. The zero-order chi connectivity index (χ0) is 22.4. The largest absolute Gasteiger partial charge is 0.497 e. The molecule has 0 bridgehead atoms. The van der Waals surface area contributed by atoms with E-state index in [1.165, 1.54) is 0 Å². The fraction of sp³-hybridized carbons (Fsp3) is 0.375. The summed E-state index contributed by atoms with van der Waals surface area (Å²) in [5.41, 5.74) is 1.45. The number of hydrogen-bond acceptors (Lipinski definition) is 4. The number of carbonyl (C=O) groups excluding carboxylic acids is 3. The number of likely N-dealkylation sites (tertiary alicyclic amines) is 1. The summed E-state index contributed by atoms with van der Waals surface area (Å²) in [7, 11) is 1.57. The van der Waals surface area contributed by atoms with Gasteiger partial charge in [-0.25, -0.2) is 0 Å². The van der Waals surface area contributed by atoms with Crippen molar-refractivity contribution in [3.8, 4) is 5.75 Å². The first-order chi connectivity index (χ1) is 14.9. The molecular formula is C24H29N3O4. The fourth-order valence-electron chi connectivity index (χ4n) is 3.55. The molecule has 0 radical (unpaired) electrons. The van der Waals surface area contributed by atoms with Crippen LogP contribution < -0.4 is 15.4 Å². The van der Waals surface area contributed by atoms with E-state index in [0.717, 1.165) is 6.42 Å². The van der Waals surface area contributed by atoms with E-state index < -0.39 is 6.04 Å². The van der Waals surface area contributed by atoms with Crippen molar-refractivity contribution in [2.45, 2.75) is 32.7 Å². The van der Waals surface area contributed by atoms with Gasteiger partial charge in [0.15, 0.2) is 0 Å². The number of hydrogen-bond donors (Lipinski definition) is 2. The number of ether oxygens (including phenoxy) is 1. The van der Waals surface area contributed by atoms with E-state index >= 15 is 0 Å². The van der Waals surface area contributed by atoms with E-state index in [4.69, 9.17) is 4.74 Å². The monoisotopic (exact) mass is 423 g/mol. The Hall–Kier alpha value is -3.35. The van der Waals surface area contributed by atoms with Crippen molar-refractivity contribution in [2.75, 3.05) is 25.5 Å². The molecule has 164 valence electrons. The van der Waals surface area contributed by atoms with E-state index in [9.17, 15) is 14.4 Å². The van der Waals surface area contributed by atoms with Gasteiger partial charge in [0.1, 0.15) is 11.8 Å². The van der Waals surface area contributed by atoms with Crippen LogP contribution in [0.3, 0.4) is 0 Å². The van der Waals surface area contributed by atoms with Crippen LogP contribution in [0.25, 0.3) is 0 Å². The van der Waals surface area contributed by atoms with Gasteiger partial charge in [-0.15, -0.1) is 0 Å². The van der Waals surface area contributed by atoms with Crippen molar-refractivity contribution in [3.63, 3.8) is 0 Å². The molecule has 3 rings (SSSR count). The topological polar surface area (TPSA) is 87.7 Å². The highest BCUT2D eigenvalue weighted by Gasteiger charge is 2.34. The molecule has 0 spiro atoms. The first-order valence-corrected chi connectivity index (χ1v) is 10.5. The molecule has 31 heavy (non-hydrogen) atoms. The molecule has 1 atom stereocenters. The number of anilines is 1. The Morgan fingerprint density at radius 2 is 1.84 bits per heavy atom. The third-order valence-corrected chi connectivity index (χ3v) is 5.22. The summed E-state index contributed by atoms with van der Waals surface area (Å²) in [5, 5.41) is 5.74. The minimum atomic E-state index is -0.455. The second-order valence-corrected chi connectivity index (χ2v) is 8.06. The molecule has 3 amide bonds. The zero-order valence-electron chi connectivity index (χ0n) is 18.2. The van der Waals surface area contributed by atoms with E-state index in [1.54, 1.807) is 60.5 Å². The van der Waals surface area contributed by atoms with Crippen molar-refractivity contribution in [1.82, 2.24) is 10.2 Å². The van der Waals surface area contributed by atoms with Crippen molar-refractivity contribution < 1.29 is 19.1 Å². The lowest BCUT2D eigenvalue weighted by molar-refractivity contribution is -0.125. The first kappa shape index (κ1) is 22.3. The molecule has 2 aromatic rings. The number of nitrogens with zero attached hydrogens (tertiary/aromatic N) is 1. The molecule has 1 heterocycles. The quantitative estimate of drug-likeness (QED) is 0.715. The summed E-state index contributed by atoms with van der Waals surface area (Å²) in [6.45, 7) is 5.19. The van der Waals surface area contributed by atoms with Crippen molar-refractivity contribution in [3.05, 3.63) is 59.7 Å². The van der Waals surface area contributed by atoms with Gasteiger partial charge < -0.3 is 20.3 Å². The molecule has 0 aliphatic carbocycles. The number of amides is 3. The van der Waals surface area contributed by atoms with Crippen LogP contribution in [-0.4, -0.2) is 48.9 Å². The maximum Gasteiger partial charge on any atom is 0.255 e. The lowest BCUT2D eigenvalue weighted by Gasteiger charge is -2.24. The molecule has 1 fully saturated rings. The molecular weight excluding hydrogens is 394 g/mol. The summed E-state index contributed by atoms with van der Waals surface area (Å²) < 4.78 is 5.11. The second-order valence-electron chi connectivity index (χ2n) is 8.06. The number of rotatable bonds is 7. The zero-order valence-corrected chi connectivity index (χ0v) is 18.2. The van der Waals surface area contributed by atoms with Gasteiger partial charge >= 0.3 is 0 Å². The van der Waals surface area contributed by atoms with Gasteiger partial charge in [-0.3, -0.25) is 14.4 Å². The predicted octanol–water partition coefficient (Wildman–Crippen LogP) is 3.32. The summed E-state index contributed by atoms with van der Waals surface area (Å²) >= 11 is 0. The molecule has 1 aliphatic heterocycles. The Labute approximate surface area is 182 Å². The van der Waals surface area contributed by atoms with Gasteiger partial charge in [-0.2, -0.15) is 0 Å². The summed E-state index contributed by atoms with van der Waals surface area (Å²) in [5.74, 6) is 0.424. The molecule has 2 N–H and O–H groups in total. The van der Waals surface area contributed by atoms with Gasteiger partial charge in [-0.05, 0) is 61.2 Å². The highest BCUT2D eigenvalue weighted by atomic mass is 16.5. The lowest BCUT2D eigenvalue weighted by Crippen LogP contribution is -2.46. The third-order valence-electron chi connectivity index (χ3n) is 5.22. The van der Waals surface area contributed by atoms with Crippen LogP contribution >= 0.6 is 0 Å². The van der Waals surface area contributed by atoms with Crippen LogP contribution in [0, 0.1) is 5.92 Å².